The van der Waals surface area contributed by atoms with Crippen molar-refractivity contribution in [3.05, 3.63) is 57.2 Å². The molecule has 28 heavy (non-hydrogen) atoms. The number of nitrogens with zero attached hydrogens (tertiary/aromatic N) is 4. The lowest BCUT2D eigenvalue weighted by molar-refractivity contribution is -0.384. The van der Waals surface area contributed by atoms with Gasteiger partial charge in [-0.25, -0.2) is 0 Å². The van der Waals surface area contributed by atoms with Crippen LogP contribution in [0.5, 0.6) is 0 Å². The predicted molar refractivity (Wildman–Crippen MR) is 95.4 cm³/mol. The standard InChI is InChI=1S/C15H9ClF3N5O3S/c16-10-3-2-9(24(26)27)5-11(10)20-13(25)7-28-14-22-21-12-4-1-8(6-23(12)14)15(17,18)19/h1-6H,7H2,(H,20,25). The van der Waals surface area contributed by atoms with Crippen LogP contribution >= 0.6 is 23.4 Å². The number of thioether (sulfide) groups is 1. The number of benzene rings is 1. The third kappa shape index (κ3) is 4.34. The second-order valence-corrected chi connectivity index (χ2v) is 6.73. The molecule has 1 N–H and O–H groups in total. The first-order valence-corrected chi connectivity index (χ1v) is 8.80. The van der Waals surface area contributed by atoms with E-state index in [4.69, 9.17) is 11.6 Å². The van der Waals surface area contributed by atoms with Crippen molar-refractivity contribution in [1.29, 1.82) is 0 Å². The SMILES string of the molecule is O=C(CSc1nnc2ccc(C(F)(F)F)cn12)Nc1cc([N+](=O)[O-])ccc1Cl. The van der Waals surface area contributed by atoms with Crippen LogP contribution in [0.25, 0.3) is 5.65 Å². The summed E-state index contributed by atoms with van der Waals surface area (Å²) in [5.41, 5.74) is -0.894. The summed E-state index contributed by atoms with van der Waals surface area (Å²) in [6, 6.07) is 5.62. The summed E-state index contributed by atoms with van der Waals surface area (Å²) in [6.07, 6.45) is -3.69. The van der Waals surface area contributed by atoms with Crippen molar-refractivity contribution in [2.75, 3.05) is 11.1 Å². The number of amides is 1. The second-order valence-electron chi connectivity index (χ2n) is 5.38. The van der Waals surface area contributed by atoms with Crippen LogP contribution in [0.1, 0.15) is 5.56 Å². The fourth-order valence-corrected chi connectivity index (χ4v) is 3.06. The number of carbonyl (C=O) groups is 1. The van der Waals surface area contributed by atoms with Crippen molar-refractivity contribution >= 4 is 46.3 Å². The second kappa shape index (κ2) is 7.64. The number of nitro benzene ring substituents is 1. The number of nitrogens with one attached hydrogen (secondary N) is 1. The molecule has 0 radical (unpaired) electrons. The van der Waals surface area contributed by atoms with E-state index in [1.807, 2.05) is 0 Å². The van der Waals surface area contributed by atoms with Gasteiger partial charge in [0, 0.05) is 18.3 Å². The molecule has 3 aromatic rings. The molecule has 0 atom stereocenters. The highest BCUT2D eigenvalue weighted by Gasteiger charge is 2.31. The number of aromatic nitrogens is 3. The van der Waals surface area contributed by atoms with Crippen LogP contribution in [-0.4, -0.2) is 31.2 Å². The Bertz CT molecular complexity index is 1070. The van der Waals surface area contributed by atoms with Crippen LogP contribution in [0, 0.1) is 10.1 Å². The van der Waals surface area contributed by atoms with Gasteiger partial charge in [0.2, 0.25) is 5.91 Å². The number of halogens is 4. The molecule has 8 nitrogen and oxygen atoms in total. The zero-order valence-electron chi connectivity index (χ0n) is 13.6. The Balaban J connectivity index is 1.73. The molecule has 0 aliphatic rings. The molecule has 0 fully saturated rings. The quantitative estimate of drug-likeness (QED) is 0.371. The van der Waals surface area contributed by atoms with Crippen molar-refractivity contribution in [2.45, 2.75) is 11.3 Å². The minimum absolute atomic E-state index is 0.0481. The molecule has 1 amide bonds. The lowest BCUT2D eigenvalue weighted by atomic mass is 10.3. The van der Waals surface area contributed by atoms with Gasteiger partial charge in [0.25, 0.3) is 5.69 Å². The monoisotopic (exact) mass is 431 g/mol. The Labute approximate surface area is 163 Å². The number of non-ortho nitro benzene ring substituents is 1. The van der Waals surface area contributed by atoms with E-state index in [-0.39, 0.29) is 33.0 Å². The minimum atomic E-state index is -4.53. The highest BCUT2D eigenvalue weighted by Crippen LogP contribution is 2.30. The summed E-state index contributed by atoms with van der Waals surface area (Å²) < 4.78 is 39.7. The Hall–Kier alpha value is -2.86. The Morgan fingerprint density at radius 2 is 2.04 bits per heavy atom. The highest BCUT2D eigenvalue weighted by atomic mass is 35.5. The maximum Gasteiger partial charge on any atom is 0.417 e. The molecule has 0 bridgehead atoms. The van der Waals surface area contributed by atoms with Gasteiger partial charge < -0.3 is 5.32 Å². The van der Waals surface area contributed by atoms with Crippen LogP contribution in [0.3, 0.4) is 0 Å². The number of pyridine rings is 1. The van der Waals surface area contributed by atoms with Crippen molar-refractivity contribution in [1.82, 2.24) is 14.6 Å². The number of hydrogen-bond donors (Lipinski definition) is 1. The number of hydrogen-bond acceptors (Lipinski definition) is 6. The van der Waals surface area contributed by atoms with Crippen LogP contribution in [0.2, 0.25) is 5.02 Å². The molecule has 0 saturated heterocycles. The van der Waals surface area contributed by atoms with Gasteiger partial charge in [-0.2, -0.15) is 13.2 Å². The van der Waals surface area contributed by atoms with Gasteiger partial charge in [-0.15, -0.1) is 10.2 Å². The van der Waals surface area contributed by atoms with Gasteiger partial charge >= 0.3 is 6.18 Å². The fraction of sp³-hybridized carbons (Fsp3) is 0.133. The summed E-state index contributed by atoms with van der Waals surface area (Å²) in [7, 11) is 0. The average Bonchev–Trinajstić information content (AvgIpc) is 3.03. The average molecular weight is 432 g/mol. The van der Waals surface area contributed by atoms with Gasteiger partial charge in [0.15, 0.2) is 10.8 Å². The molecule has 0 saturated carbocycles. The minimum Gasteiger partial charge on any atom is -0.324 e. The molecule has 13 heteroatoms. The normalized spacial score (nSPS) is 11.6. The number of nitro groups is 1. The Kier molecular flexibility index (Phi) is 5.42. The summed E-state index contributed by atoms with van der Waals surface area (Å²) in [5.74, 6) is -0.799. The lowest BCUT2D eigenvalue weighted by Gasteiger charge is -2.08. The van der Waals surface area contributed by atoms with E-state index in [1.165, 1.54) is 18.2 Å². The van der Waals surface area contributed by atoms with Gasteiger partial charge in [-0.1, -0.05) is 23.4 Å². The van der Waals surface area contributed by atoms with Gasteiger partial charge in [0.05, 0.1) is 26.9 Å². The van der Waals surface area contributed by atoms with Crippen LogP contribution in [0.4, 0.5) is 24.5 Å². The molecule has 146 valence electrons. The maximum atomic E-state index is 12.9. The number of rotatable bonds is 5. The molecule has 0 aliphatic heterocycles. The molecule has 0 aliphatic carbocycles. The van der Waals surface area contributed by atoms with E-state index in [1.54, 1.807) is 0 Å². The molecule has 2 heterocycles. The Morgan fingerprint density at radius 1 is 1.29 bits per heavy atom. The summed E-state index contributed by atoms with van der Waals surface area (Å²) >= 11 is 6.76. The molecule has 2 aromatic heterocycles. The van der Waals surface area contributed by atoms with E-state index in [2.05, 4.69) is 15.5 Å². The van der Waals surface area contributed by atoms with E-state index in [0.29, 0.717) is 0 Å². The third-order valence-electron chi connectivity index (χ3n) is 3.47. The third-order valence-corrected chi connectivity index (χ3v) is 4.74. The highest BCUT2D eigenvalue weighted by molar-refractivity contribution is 7.99. The van der Waals surface area contributed by atoms with Gasteiger partial charge in [0.1, 0.15) is 0 Å². The van der Waals surface area contributed by atoms with Crippen LogP contribution < -0.4 is 5.32 Å². The number of carbonyl (C=O) groups excluding carboxylic acids is 1. The summed E-state index contributed by atoms with van der Waals surface area (Å²) in [4.78, 5) is 22.3. The molecule has 0 spiro atoms. The summed E-state index contributed by atoms with van der Waals surface area (Å²) in [5, 5.41) is 20.9. The zero-order chi connectivity index (χ0) is 20.5. The number of anilines is 1. The first kappa shape index (κ1) is 19.9. The van der Waals surface area contributed by atoms with Gasteiger partial charge in [-0.3, -0.25) is 19.3 Å². The molecule has 1 aromatic carbocycles. The summed E-state index contributed by atoms with van der Waals surface area (Å²) in [6.45, 7) is 0. The maximum absolute atomic E-state index is 12.9. The van der Waals surface area contributed by atoms with Crippen LogP contribution in [-0.2, 0) is 11.0 Å². The number of alkyl halides is 3. The largest absolute Gasteiger partial charge is 0.417 e. The first-order valence-electron chi connectivity index (χ1n) is 7.44. The van der Waals surface area contributed by atoms with E-state index < -0.39 is 22.6 Å². The topological polar surface area (TPSA) is 102 Å². The predicted octanol–water partition coefficient (Wildman–Crippen LogP) is 4.04. The lowest BCUT2D eigenvalue weighted by Crippen LogP contribution is -2.15. The van der Waals surface area contributed by atoms with Crippen molar-refractivity contribution in [3.8, 4) is 0 Å². The van der Waals surface area contributed by atoms with Crippen molar-refractivity contribution < 1.29 is 22.9 Å². The first-order chi connectivity index (χ1) is 13.1. The van der Waals surface area contributed by atoms with Gasteiger partial charge in [-0.05, 0) is 18.2 Å². The van der Waals surface area contributed by atoms with E-state index in [0.717, 1.165) is 34.5 Å². The van der Waals surface area contributed by atoms with Crippen molar-refractivity contribution in [3.63, 3.8) is 0 Å². The molecular weight excluding hydrogens is 423 g/mol. The number of fused-ring (bicyclic) bond motifs is 1. The zero-order valence-corrected chi connectivity index (χ0v) is 15.2. The molecular formula is C15H9ClF3N5O3S. The fourth-order valence-electron chi connectivity index (χ4n) is 2.17. The van der Waals surface area contributed by atoms with E-state index in [9.17, 15) is 28.1 Å². The molecule has 0 unspecified atom stereocenters. The Morgan fingerprint density at radius 3 is 2.71 bits per heavy atom. The smallest absolute Gasteiger partial charge is 0.324 e. The van der Waals surface area contributed by atoms with Crippen molar-refractivity contribution in [2.24, 2.45) is 0 Å². The molecule has 3 rings (SSSR count). The van der Waals surface area contributed by atoms with E-state index >= 15 is 0 Å². The van der Waals surface area contributed by atoms with Crippen LogP contribution in [0.15, 0.2) is 41.7 Å².